The minimum Gasteiger partial charge on any atom is -0.481 e. The van der Waals surface area contributed by atoms with Gasteiger partial charge >= 0.3 is 5.97 Å². The van der Waals surface area contributed by atoms with Crippen LogP contribution in [0.4, 0.5) is 0 Å². The fourth-order valence-corrected chi connectivity index (χ4v) is 2.93. The molecule has 1 aromatic carbocycles. The molecule has 1 aliphatic carbocycles. The van der Waals surface area contributed by atoms with Crippen LogP contribution in [-0.4, -0.2) is 16.1 Å². The second-order valence-corrected chi connectivity index (χ2v) is 5.68. The molecule has 1 fully saturated rings. The van der Waals surface area contributed by atoms with Crippen molar-refractivity contribution in [2.75, 3.05) is 0 Å². The average molecular weight is 241 g/mol. The molecule has 92 valence electrons. The molecule has 0 bridgehead atoms. The Balaban J connectivity index is 2.18. The lowest BCUT2D eigenvalue weighted by Crippen LogP contribution is -2.25. The average Bonchev–Trinajstić information content (AvgIpc) is 2.93. The highest BCUT2D eigenvalue weighted by atomic mass is 16.4. The van der Waals surface area contributed by atoms with Crippen LogP contribution in [0.1, 0.15) is 25.8 Å². The third-order valence-electron chi connectivity index (χ3n) is 4.20. The lowest BCUT2D eigenvalue weighted by Gasteiger charge is -2.16. The molecule has 1 N–H and O–H groups in total. The van der Waals surface area contributed by atoms with Crippen molar-refractivity contribution in [2.45, 2.75) is 25.7 Å². The minimum atomic E-state index is -0.737. The second-order valence-electron chi connectivity index (χ2n) is 5.68. The van der Waals surface area contributed by atoms with E-state index in [-0.39, 0.29) is 5.41 Å². The molecule has 0 saturated heterocycles. The Hall–Kier alpha value is -1.90. The van der Waals surface area contributed by atoms with Gasteiger partial charge < -0.3 is 5.11 Å². The van der Waals surface area contributed by atoms with Crippen LogP contribution < -0.4 is 0 Å². The molecule has 3 nitrogen and oxygen atoms in total. The van der Waals surface area contributed by atoms with Gasteiger partial charge in [-0.25, -0.2) is 0 Å². The van der Waals surface area contributed by atoms with E-state index >= 15 is 0 Å². The number of hydrogen-bond acceptors (Lipinski definition) is 2. The van der Waals surface area contributed by atoms with Crippen LogP contribution in [-0.2, 0) is 10.2 Å². The van der Waals surface area contributed by atoms with Crippen LogP contribution in [0.5, 0.6) is 0 Å². The van der Waals surface area contributed by atoms with Gasteiger partial charge in [0.2, 0.25) is 0 Å². The van der Waals surface area contributed by atoms with Gasteiger partial charge in [0.05, 0.1) is 10.9 Å². The van der Waals surface area contributed by atoms with Crippen LogP contribution in [0.15, 0.2) is 36.5 Å². The Morgan fingerprint density at radius 3 is 2.67 bits per heavy atom. The third kappa shape index (κ3) is 1.30. The number of benzene rings is 1. The van der Waals surface area contributed by atoms with Crippen molar-refractivity contribution in [1.29, 1.82) is 0 Å². The Morgan fingerprint density at radius 2 is 2.06 bits per heavy atom. The van der Waals surface area contributed by atoms with E-state index in [1.165, 1.54) is 0 Å². The first-order valence-electron chi connectivity index (χ1n) is 6.06. The molecular formula is C15H15NO2. The molecule has 1 aromatic heterocycles. The topological polar surface area (TPSA) is 50.2 Å². The van der Waals surface area contributed by atoms with Gasteiger partial charge in [-0.1, -0.05) is 32.0 Å². The summed E-state index contributed by atoms with van der Waals surface area (Å²) in [5.41, 5.74) is 0.810. The van der Waals surface area contributed by atoms with Crippen LogP contribution in [0, 0.1) is 5.41 Å². The van der Waals surface area contributed by atoms with Crippen LogP contribution >= 0.6 is 0 Å². The lowest BCUT2D eigenvalue weighted by molar-refractivity contribution is -0.141. The highest BCUT2D eigenvalue weighted by Crippen LogP contribution is 2.64. The molecule has 18 heavy (non-hydrogen) atoms. The summed E-state index contributed by atoms with van der Waals surface area (Å²) >= 11 is 0. The summed E-state index contributed by atoms with van der Waals surface area (Å²) in [5.74, 6) is -0.734. The van der Waals surface area contributed by atoms with Crippen molar-refractivity contribution in [3.05, 3.63) is 42.1 Å². The maximum absolute atomic E-state index is 11.6. The molecule has 3 rings (SSSR count). The first-order valence-corrected chi connectivity index (χ1v) is 6.06. The highest BCUT2D eigenvalue weighted by Gasteiger charge is 2.67. The van der Waals surface area contributed by atoms with E-state index in [0.29, 0.717) is 6.42 Å². The van der Waals surface area contributed by atoms with E-state index in [1.807, 2.05) is 44.2 Å². The Kier molecular flexibility index (Phi) is 2.06. The van der Waals surface area contributed by atoms with E-state index in [1.54, 1.807) is 6.20 Å². The first-order chi connectivity index (χ1) is 8.47. The molecule has 2 aromatic rings. The lowest BCUT2D eigenvalue weighted by atomic mass is 9.87. The van der Waals surface area contributed by atoms with Crippen molar-refractivity contribution in [3.8, 4) is 0 Å². The molecule has 0 aliphatic heterocycles. The molecule has 3 heteroatoms. The predicted octanol–water partition coefficient (Wildman–Crippen LogP) is 2.99. The van der Waals surface area contributed by atoms with Gasteiger partial charge in [0.25, 0.3) is 0 Å². The SMILES string of the molecule is CC1(C)CC1(C(=O)O)c1ccc2cccnc2c1. The second kappa shape index (κ2) is 3.31. The molecular weight excluding hydrogens is 226 g/mol. The van der Waals surface area contributed by atoms with Gasteiger partial charge in [0, 0.05) is 11.6 Å². The van der Waals surface area contributed by atoms with Gasteiger partial charge in [-0.05, 0) is 29.5 Å². The standard InChI is InChI=1S/C15H15NO2/c1-14(2)9-15(14,13(17)18)11-6-5-10-4-3-7-16-12(10)8-11/h3-8H,9H2,1-2H3,(H,17,18). The monoisotopic (exact) mass is 241 g/mol. The van der Waals surface area contributed by atoms with Gasteiger partial charge in [-0.2, -0.15) is 0 Å². The minimum absolute atomic E-state index is 0.179. The fourth-order valence-electron chi connectivity index (χ4n) is 2.93. The number of pyridine rings is 1. The quantitative estimate of drug-likeness (QED) is 0.879. The zero-order chi connectivity index (χ0) is 13.0. The van der Waals surface area contributed by atoms with Crippen molar-refractivity contribution in [2.24, 2.45) is 5.41 Å². The Morgan fingerprint density at radius 1 is 1.33 bits per heavy atom. The summed E-state index contributed by atoms with van der Waals surface area (Å²) in [7, 11) is 0. The number of aliphatic carboxylic acids is 1. The summed E-state index contributed by atoms with van der Waals surface area (Å²) < 4.78 is 0. The van der Waals surface area contributed by atoms with Crippen molar-refractivity contribution >= 4 is 16.9 Å². The molecule has 0 spiro atoms. The van der Waals surface area contributed by atoms with Crippen molar-refractivity contribution < 1.29 is 9.90 Å². The van der Waals surface area contributed by atoms with Crippen molar-refractivity contribution in [3.63, 3.8) is 0 Å². The normalized spacial score (nSPS) is 25.0. The molecule has 0 amide bonds. The number of carboxylic acid groups (broad SMARTS) is 1. The zero-order valence-corrected chi connectivity index (χ0v) is 10.5. The number of rotatable bonds is 2. The number of nitrogens with zero attached hydrogens (tertiary/aromatic N) is 1. The zero-order valence-electron chi connectivity index (χ0n) is 10.5. The van der Waals surface area contributed by atoms with E-state index in [0.717, 1.165) is 16.5 Å². The van der Waals surface area contributed by atoms with Gasteiger partial charge in [0.15, 0.2) is 0 Å². The molecule has 1 heterocycles. The molecule has 0 radical (unpaired) electrons. The fraction of sp³-hybridized carbons (Fsp3) is 0.333. The maximum Gasteiger partial charge on any atom is 0.314 e. The number of fused-ring (bicyclic) bond motifs is 1. The molecule has 1 aliphatic rings. The summed E-state index contributed by atoms with van der Waals surface area (Å²) in [6.07, 6.45) is 2.42. The first kappa shape index (κ1) is 11.2. The molecule has 1 unspecified atom stereocenters. The largest absolute Gasteiger partial charge is 0.481 e. The number of carboxylic acids is 1. The van der Waals surface area contributed by atoms with Gasteiger partial charge in [-0.15, -0.1) is 0 Å². The van der Waals surface area contributed by atoms with Crippen molar-refractivity contribution in [1.82, 2.24) is 4.98 Å². The van der Waals surface area contributed by atoms with E-state index in [9.17, 15) is 9.90 Å². The van der Waals surface area contributed by atoms with Crippen LogP contribution in [0.25, 0.3) is 10.9 Å². The van der Waals surface area contributed by atoms with Gasteiger partial charge in [0.1, 0.15) is 0 Å². The summed E-state index contributed by atoms with van der Waals surface area (Å²) in [6, 6.07) is 9.66. The number of carbonyl (C=O) groups is 1. The molecule has 1 atom stereocenters. The van der Waals surface area contributed by atoms with E-state index in [4.69, 9.17) is 0 Å². The summed E-state index contributed by atoms with van der Waals surface area (Å²) in [5, 5.41) is 10.6. The predicted molar refractivity (Wildman–Crippen MR) is 69.5 cm³/mol. The smallest absolute Gasteiger partial charge is 0.314 e. The van der Waals surface area contributed by atoms with Crippen LogP contribution in [0.3, 0.4) is 0 Å². The van der Waals surface area contributed by atoms with E-state index in [2.05, 4.69) is 4.98 Å². The molecule has 1 saturated carbocycles. The van der Waals surface area contributed by atoms with E-state index < -0.39 is 11.4 Å². The van der Waals surface area contributed by atoms with Crippen LogP contribution in [0.2, 0.25) is 0 Å². The maximum atomic E-state index is 11.6. The number of hydrogen-bond donors (Lipinski definition) is 1. The Labute approximate surface area is 105 Å². The third-order valence-corrected chi connectivity index (χ3v) is 4.20. The van der Waals surface area contributed by atoms with Gasteiger partial charge in [-0.3, -0.25) is 9.78 Å². The summed E-state index contributed by atoms with van der Waals surface area (Å²) in [4.78, 5) is 15.9. The summed E-state index contributed by atoms with van der Waals surface area (Å²) in [6.45, 7) is 4.01. The number of aromatic nitrogens is 1. The Bertz CT molecular complexity index is 648. The highest BCUT2D eigenvalue weighted by molar-refractivity contribution is 5.89.